The predicted molar refractivity (Wildman–Crippen MR) is 92.0 cm³/mol. The average Bonchev–Trinajstić information content (AvgIpc) is 2.92. The van der Waals surface area contributed by atoms with Crippen molar-refractivity contribution >= 4 is 45.2 Å². The molecule has 110 valence electrons. The first-order chi connectivity index (χ1) is 10.1. The second-order valence-electron chi connectivity index (χ2n) is 4.94. The van der Waals surface area contributed by atoms with Gasteiger partial charge in [-0.2, -0.15) is 0 Å². The molecule has 0 radical (unpaired) electrons. The molecule has 3 aromatic rings. The van der Waals surface area contributed by atoms with Crippen molar-refractivity contribution in [2.24, 2.45) is 0 Å². The highest BCUT2D eigenvalue weighted by atomic mass is 127. The molecule has 0 N–H and O–H groups in total. The number of nitrogens with zero attached hydrogens (tertiary/aromatic N) is 3. The minimum Gasteiger partial charge on any atom is -0.444 e. The van der Waals surface area contributed by atoms with Crippen molar-refractivity contribution in [3.05, 3.63) is 44.9 Å². The van der Waals surface area contributed by atoms with E-state index in [2.05, 4.69) is 50.3 Å². The first-order valence-corrected chi connectivity index (χ1v) is 8.33. The van der Waals surface area contributed by atoms with Crippen LogP contribution in [-0.4, -0.2) is 20.4 Å². The normalized spacial score (nSPS) is 11.4. The summed E-state index contributed by atoms with van der Waals surface area (Å²) in [5.74, 6) is 3.08. The van der Waals surface area contributed by atoms with Crippen molar-refractivity contribution in [3.8, 4) is 0 Å². The molecule has 2 aromatic heterocycles. The van der Waals surface area contributed by atoms with Crippen molar-refractivity contribution < 1.29 is 4.42 Å². The summed E-state index contributed by atoms with van der Waals surface area (Å²) in [4.78, 5) is 9.15. The molecule has 0 aliphatic heterocycles. The molecule has 6 heteroatoms. The van der Waals surface area contributed by atoms with Gasteiger partial charge in [0.25, 0.3) is 0 Å². The van der Waals surface area contributed by atoms with Gasteiger partial charge in [-0.05, 0) is 54.6 Å². The van der Waals surface area contributed by atoms with E-state index in [1.807, 2.05) is 13.8 Å². The van der Waals surface area contributed by atoms with E-state index in [1.165, 1.54) is 3.57 Å². The van der Waals surface area contributed by atoms with Crippen LogP contribution in [0.5, 0.6) is 0 Å². The molecule has 0 fully saturated rings. The monoisotopic (exact) mass is 415 g/mol. The predicted octanol–water partition coefficient (Wildman–Crippen LogP) is 4.08. The van der Waals surface area contributed by atoms with E-state index in [0.717, 1.165) is 34.7 Å². The number of hydrogen-bond acceptors (Lipinski definition) is 3. The zero-order valence-corrected chi connectivity index (χ0v) is 14.8. The molecule has 21 heavy (non-hydrogen) atoms. The average molecular weight is 416 g/mol. The van der Waals surface area contributed by atoms with Gasteiger partial charge in [0.05, 0.1) is 16.7 Å². The summed E-state index contributed by atoms with van der Waals surface area (Å²) in [7, 11) is 0. The van der Waals surface area contributed by atoms with E-state index in [-0.39, 0.29) is 0 Å². The number of hydrogen-bond donors (Lipinski definition) is 0. The van der Waals surface area contributed by atoms with Crippen LogP contribution in [0.15, 0.2) is 22.6 Å². The van der Waals surface area contributed by atoms with Gasteiger partial charge in [0.1, 0.15) is 18.1 Å². The number of oxazole rings is 1. The Balaban J connectivity index is 2.08. The summed E-state index contributed by atoms with van der Waals surface area (Å²) in [6, 6.07) is 6.25. The molecule has 0 aliphatic carbocycles. The summed E-state index contributed by atoms with van der Waals surface area (Å²) in [6.07, 6.45) is 0.728. The number of rotatable bonds is 4. The van der Waals surface area contributed by atoms with Crippen LogP contribution < -0.4 is 0 Å². The largest absolute Gasteiger partial charge is 0.444 e. The Morgan fingerprint density at radius 3 is 2.76 bits per heavy atom. The fourth-order valence-corrected chi connectivity index (χ4v) is 2.99. The highest BCUT2D eigenvalue weighted by Gasteiger charge is 2.14. The van der Waals surface area contributed by atoms with E-state index < -0.39 is 0 Å². The number of aryl methyl sites for hydroxylation is 3. The second-order valence-corrected chi connectivity index (χ2v) is 6.56. The zero-order chi connectivity index (χ0) is 15.0. The Bertz CT molecular complexity index is 774. The van der Waals surface area contributed by atoms with E-state index in [4.69, 9.17) is 21.0 Å². The van der Waals surface area contributed by atoms with Crippen LogP contribution in [0.2, 0.25) is 0 Å². The zero-order valence-electron chi connectivity index (χ0n) is 11.9. The van der Waals surface area contributed by atoms with Crippen molar-refractivity contribution in [3.63, 3.8) is 0 Å². The Hall–Kier alpha value is -1.08. The molecule has 0 amide bonds. The lowest BCUT2D eigenvalue weighted by Crippen LogP contribution is -2.06. The Kier molecular flexibility index (Phi) is 4.21. The summed E-state index contributed by atoms with van der Waals surface area (Å²) in [6.45, 7) is 4.47. The number of imidazole rings is 1. The van der Waals surface area contributed by atoms with Gasteiger partial charge in [-0.25, -0.2) is 9.97 Å². The van der Waals surface area contributed by atoms with Crippen LogP contribution in [0.1, 0.15) is 23.2 Å². The number of alkyl halides is 1. The van der Waals surface area contributed by atoms with Crippen molar-refractivity contribution in [1.29, 1.82) is 0 Å². The third-order valence-electron chi connectivity index (χ3n) is 3.47. The Morgan fingerprint density at radius 1 is 1.29 bits per heavy atom. The molecule has 4 nitrogen and oxygen atoms in total. The van der Waals surface area contributed by atoms with Crippen LogP contribution in [0.4, 0.5) is 0 Å². The Morgan fingerprint density at radius 2 is 2.10 bits per heavy atom. The summed E-state index contributed by atoms with van der Waals surface area (Å²) in [5.41, 5.74) is 3.01. The van der Waals surface area contributed by atoms with Crippen molar-refractivity contribution in [1.82, 2.24) is 14.5 Å². The van der Waals surface area contributed by atoms with Crippen molar-refractivity contribution in [2.75, 3.05) is 5.88 Å². The fourth-order valence-electron chi connectivity index (χ4n) is 2.35. The van der Waals surface area contributed by atoms with Crippen LogP contribution in [-0.2, 0) is 13.0 Å². The molecular weight excluding hydrogens is 401 g/mol. The van der Waals surface area contributed by atoms with Gasteiger partial charge in [-0.3, -0.25) is 0 Å². The minimum absolute atomic E-state index is 0.546. The molecule has 0 bridgehead atoms. The molecule has 3 rings (SSSR count). The molecule has 0 unspecified atom stereocenters. The van der Waals surface area contributed by atoms with Gasteiger partial charge in [0.2, 0.25) is 5.89 Å². The number of fused-ring (bicyclic) bond motifs is 1. The number of benzene rings is 1. The van der Waals surface area contributed by atoms with E-state index in [9.17, 15) is 0 Å². The number of aromatic nitrogens is 3. The Labute approximate surface area is 141 Å². The van der Waals surface area contributed by atoms with Gasteiger partial charge in [0.15, 0.2) is 0 Å². The maximum Gasteiger partial charge on any atom is 0.214 e. The van der Waals surface area contributed by atoms with Crippen molar-refractivity contribution in [2.45, 2.75) is 26.8 Å². The fraction of sp³-hybridized carbons (Fsp3) is 0.333. The van der Waals surface area contributed by atoms with Gasteiger partial charge in [-0.15, -0.1) is 11.6 Å². The molecule has 0 atom stereocenters. The summed E-state index contributed by atoms with van der Waals surface area (Å²) in [5, 5.41) is 0. The summed E-state index contributed by atoms with van der Waals surface area (Å²) < 4.78 is 9.01. The number of halogens is 2. The standard InChI is InChI=1S/C15H15ClIN3O/c1-9-10(2)21-15(18-9)8-20-13-4-3-11(17)7-12(13)19-14(20)5-6-16/h3-4,7H,5-6,8H2,1-2H3. The molecule has 0 aliphatic rings. The maximum absolute atomic E-state index is 5.91. The smallest absolute Gasteiger partial charge is 0.214 e. The van der Waals surface area contributed by atoms with E-state index in [1.54, 1.807) is 0 Å². The lowest BCUT2D eigenvalue weighted by Gasteiger charge is -2.05. The lowest BCUT2D eigenvalue weighted by molar-refractivity contribution is 0.456. The highest BCUT2D eigenvalue weighted by molar-refractivity contribution is 14.1. The topological polar surface area (TPSA) is 43.9 Å². The van der Waals surface area contributed by atoms with Crippen LogP contribution in [0, 0.1) is 17.4 Å². The summed E-state index contributed by atoms with van der Waals surface area (Å²) >= 11 is 8.20. The SMILES string of the molecule is Cc1nc(Cn2c(CCCl)nc3cc(I)ccc32)oc1C. The third-order valence-corrected chi connectivity index (χ3v) is 4.33. The lowest BCUT2D eigenvalue weighted by atomic mass is 10.3. The van der Waals surface area contributed by atoms with E-state index >= 15 is 0 Å². The van der Waals surface area contributed by atoms with Gasteiger partial charge in [0, 0.05) is 15.9 Å². The maximum atomic E-state index is 5.91. The molecule has 2 heterocycles. The minimum atomic E-state index is 0.546. The molecular formula is C15H15ClIN3O. The first kappa shape index (κ1) is 14.8. The van der Waals surface area contributed by atoms with Gasteiger partial charge >= 0.3 is 0 Å². The molecule has 0 saturated heterocycles. The molecule has 0 spiro atoms. The first-order valence-electron chi connectivity index (χ1n) is 6.72. The van der Waals surface area contributed by atoms with Gasteiger partial charge < -0.3 is 8.98 Å². The highest BCUT2D eigenvalue weighted by Crippen LogP contribution is 2.21. The van der Waals surface area contributed by atoms with Gasteiger partial charge in [-0.1, -0.05) is 0 Å². The third kappa shape index (κ3) is 2.94. The van der Waals surface area contributed by atoms with Crippen LogP contribution in [0.25, 0.3) is 11.0 Å². The quantitative estimate of drug-likeness (QED) is 0.476. The second kappa shape index (κ2) is 5.96. The van der Waals surface area contributed by atoms with E-state index in [0.29, 0.717) is 18.3 Å². The molecule has 0 saturated carbocycles. The molecule has 1 aromatic carbocycles. The van der Waals surface area contributed by atoms with Crippen LogP contribution in [0.3, 0.4) is 0 Å². The van der Waals surface area contributed by atoms with Crippen LogP contribution >= 0.6 is 34.2 Å².